The highest BCUT2D eigenvalue weighted by molar-refractivity contribution is 5.86. The summed E-state index contributed by atoms with van der Waals surface area (Å²) < 4.78 is 0. The molecular formula is C12H18N4O. The van der Waals surface area contributed by atoms with E-state index >= 15 is 0 Å². The van der Waals surface area contributed by atoms with Crippen molar-refractivity contribution in [2.75, 3.05) is 30.8 Å². The first-order chi connectivity index (χ1) is 8.20. The molecule has 17 heavy (non-hydrogen) atoms. The van der Waals surface area contributed by atoms with Crippen molar-refractivity contribution in [2.45, 2.75) is 19.4 Å². The second-order valence-corrected chi connectivity index (χ2v) is 4.24. The van der Waals surface area contributed by atoms with Crippen molar-refractivity contribution in [3.63, 3.8) is 0 Å². The summed E-state index contributed by atoms with van der Waals surface area (Å²) in [6.07, 6.45) is 4.37. The molecule has 0 saturated carbocycles. The number of likely N-dealkylation sites (tertiary alicyclic amines) is 1. The zero-order valence-electron chi connectivity index (χ0n) is 10.2. The van der Waals surface area contributed by atoms with E-state index in [9.17, 15) is 4.79 Å². The number of carbonyl (C=O) groups excluding carboxylic acids is 1. The predicted molar refractivity (Wildman–Crippen MR) is 68.1 cm³/mol. The molecule has 1 unspecified atom stereocenters. The zero-order chi connectivity index (χ0) is 12.3. The van der Waals surface area contributed by atoms with Crippen LogP contribution in [0.2, 0.25) is 0 Å². The van der Waals surface area contributed by atoms with Crippen LogP contribution in [0.25, 0.3) is 0 Å². The van der Waals surface area contributed by atoms with Crippen molar-refractivity contribution in [1.29, 1.82) is 0 Å². The van der Waals surface area contributed by atoms with Gasteiger partial charge in [-0.1, -0.05) is 0 Å². The molecule has 2 heterocycles. The summed E-state index contributed by atoms with van der Waals surface area (Å²) in [5, 5.41) is 6.42. The predicted octanol–water partition coefficient (Wildman–Crippen LogP) is 1.16. The lowest BCUT2D eigenvalue weighted by atomic mass is 10.2. The van der Waals surface area contributed by atoms with Gasteiger partial charge in [-0.05, 0) is 19.4 Å². The van der Waals surface area contributed by atoms with E-state index in [1.165, 1.54) is 0 Å². The third kappa shape index (κ3) is 2.67. The van der Waals surface area contributed by atoms with E-state index in [1.54, 1.807) is 17.3 Å². The van der Waals surface area contributed by atoms with Crippen LogP contribution in [-0.4, -0.2) is 42.0 Å². The minimum Gasteiger partial charge on any atom is -0.384 e. The fourth-order valence-electron chi connectivity index (χ4n) is 1.98. The Bertz CT molecular complexity index is 407. The van der Waals surface area contributed by atoms with Crippen LogP contribution < -0.4 is 10.6 Å². The van der Waals surface area contributed by atoms with E-state index in [1.807, 2.05) is 20.0 Å². The van der Waals surface area contributed by atoms with Gasteiger partial charge < -0.3 is 15.5 Å². The number of nitrogens with zero attached hydrogens (tertiary/aromatic N) is 2. The van der Waals surface area contributed by atoms with Crippen LogP contribution >= 0.6 is 0 Å². The number of aromatic nitrogens is 1. The Kier molecular flexibility index (Phi) is 3.46. The van der Waals surface area contributed by atoms with Crippen LogP contribution in [-0.2, 0) is 4.79 Å². The van der Waals surface area contributed by atoms with Crippen LogP contribution in [0.5, 0.6) is 0 Å². The van der Waals surface area contributed by atoms with Gasteiger partial charge in [-0.25, -0.2) is 0 Å². The average molecular weight is 234 g/mol. The average Bonchev–Trinajstić information content (AvgIpc) is 2.62. The maximum atomic E-state index is 11.7. The number of nitrogens with one attached hydrogen (secondary N) is 2. The van der Waals surface area contributed by atoms with Crippen LogP contribution in [0.4, 0.5) is 11.4 Å². The molecule has 1 amide bonds. The zero-order valence-corrected chi connectivity index (χ0v) is 10.2. The molecule has 0 bridgehead atoms. The van der Waals surface area contributed by atoms with Crippen LogP contribution in [0.1, 0.15) is 13.3 Å². The van der Waals surface area contributed by atoms with E-state index in [2.05, 4.69) is 15.6 Å². The van der Waals surface area contributed by atoms with Gasteiger partial charge in [0.25, 0.3) is 0 Å². The standard InChI is InChI=1S/C12H18N4O/c1-3-14-9-6-10(8-13-7-9)15-11-4-5-16(2)12(11)17/h6-8,11,14-15H,3-5H2,1-2H3. The van der Waals surface area contributed by atoms with Gasteiger partial charge in [0.15, 0.2) is 0 Å². The molecule has 0 aliphatic carbocycles. The van der Waals surface area contributed by atoms with Gasteiger partial charge in [-0.15, -0.1) is 0 Å². The highest BCUT2D eigenvalue weighted by atomic mass is 16.2. The highest BCUT2D eigenvalue weighted by Crippen LogP contribution is 2.18. The van der Waals surface area contributed by atoms with E-state index in [-0.39, 0.29) is 11.9 Å². The molecule has 5 heteroatoms. The van der Waals surface area contributed by atoms with Gasteiger partial charge in [-0.2, -0.15) is 0 Å². The van der Waals surface area contributed by atoms with Crippen molar-refractivity contribution < 1.29 is 4.79 Å². The third-order valence-electron chi connectivity index (χ3n) is 2.89. The Morgan fingerprint density at radius 1 is 1.47 bits per heavy atom. The summed E-state index contributed by atoms with van der Waals surface area (Å²) in [6, 6.07) is 1.86. The number of hydrogen-bond acceptors (Lipinski definition) is 4. The quantitative estimate of drug-likeness (QED) is 0.820. The molecule has 1 aromatic heterocycles. The molecule has 0 aromatic carbocycles. The molecule has 2 N–H and O–H groups in total. The summed E-state index contributed by atoms with van der Waals surface area (Å²) in [5.74, 6) is 0.152. The molecule has 1 aliphatic rings. The lowest BCUT2D eigenvalue weighted by Crippen LogP contribution is -2.30. The molecule has 5 nitrogen and oxygen atoms in total. The molecule has 2 rings (SSSR count). The number of carbonyl (C=O) groups is 1. The monoisotopic (exact) mass is 234 g/mol. The van der Waals surface area contributed by atoms with Gasteiger partial charge in [0, 0.05) is 20.1 Å². The SMILES string of the molecule is CCNc1cncc(NC2CCN(C)C2=O)c1. The largest absolute Gasteiger partial charge is 0.384 e. The molecule has 1 aromatic rings. The number of anilines is 2. The minimum atomic E-state index is -0.112. The topological polar surface area (TPSA) is 57.3 Å². The maximum absolute atomic E-state index is 11.7. The Balaban J connectivity index is 2.03. The second-order valence-electron chi connectivity index (χ2n) is 4.24. The number of pyridine rings is 1. The highest BCUT2D eigenvalue weighted by Gasteiger charge is 2.28. The fourth-order valence-corrected chi connectivity index (χ4v) is 1.98. The molecule has 0 spiro atoms. The Morgan fingerprint density at radius 3 is 2.88 bits per heavy atom. The summed E-state index contributed by atoms with van der Waals surface area (Å²) in [7, 11) is 1.83. The van der Waals surface area contributed by atoms with Crippen molar-refractivity contribution in [3.05, 3.63) is 18.5 Å². The third-order valence-corrected chi connectivity index (χ3v) is 2.89. The Labute approximate surface area is 101 Å². The molecule has 1 aliphatic heterocycles. The molecular weight excluding hydrogens is 216 g/mol. The van der Waals surface area contributed by atoms with Crippen molar-refractivity contribution >= 4 is 17.3 Å². The summed E-state index contributed by atoms with van der Waals surface area (Å²) in [6.45, 7) is 3.71. The van der Waals surface area contributed by atoms with E-state index < -0.39 is 0 Å². The Morgan fingerprint density at radius 2 is 2.24 bits per heavy atom. The molecule has 1 saturated heterocycles. The summed E-state index contributed by atoms with van der Waals surface area (Å²) >= 11 is 0. The normalized spacial score (nSPS) is 19.5. The van der Waals surface area contributed by atoms with Crippen molar-refractivity contribution in [3.8, 4) is 0 Å². The fraction of sp³-hybridized carbons (Fsp3) is 0.500. The summed E-state index contributed by atoms with van der Waals surface area (Å²) in [4.78, 5) is 17.6. The molecule has 0 radical (unpaired) electrons. The number of hydrogen-bond donors (Lipinski definition) is 2. The van der Waals surface area contributed by atoms with Gasteiger partial charge in [0.1, 0.15) is 6.04 Å². The molecule has 92 valence electrons. The second kappa shape index (κ2) is 5.03. The lowest BCUT2D eigenvalue weighted by molar-refractivity contribution is -0.127. The number of amides is 1. The van der Waals surface area contributed by atoms with Gasteiger partial charge in [-0.3, -0.25) is 9.78 Å². The van der Waals surface area contributed by atoms with Crippen molar-refractivity contribution in [2.24, 2.45) is 0 Å². The number of rotatable bonds is 4. The first-order valence-corrected chi connectivity index (χ1v) is 5.91. The van der Waals surface area contributed by atoms with Gasteiger partial charge in [0.2, 0.25) is 5.91 Å². The smallest absolute Gasteiger partial charge is 0.244 e. The molecule has 1 fully saturated rings. The van der Waals surface area contributed by atoms with E-state index in [0.29, 0.717) is 0 Å². The van der Waals surface area contributed by atoms with Gasteiger partial charge in [0.05, 0.1) is 23.8 Å². The van der Waals surface area contributed by atoms with Crippen LogP contribution in [0.3, 0.4) is 0 Å². The first-order valence-electron chi connectivity index (χ1n) is 5.91. The first kappa shape index (κ1) is 11.7. The summed E-state index contributed by atoms with van der Waals surface area (Å²) in [5.41, 5.74) is 1.86. The number of likely N-dealkylation sites (N-methyl/N-ethyl adjacent to an activating group) is 1. The van der Waals surface area contributed by atoms with Crippen molar-refractivity contribution in [1.82, 2.24) is 9.88 Å². The Hall–Kier alpha value is -1.78. The lowest BCUT2D eigenvalue weighted by Gasteiger charge is -2.14. The minimum absolute atomic E-state index is 0.112. The van der Waals surface area contributed by atoms with E-state index in [0.717, 1.165) is 30.9 Å². The van der Waals surface area contributed by atoms with Gasteiger partial charge >= 0.3 is 0 Å². The van der Waals surface area contributed by atoms with E-state index in [4.69, 9.17) is 0 Å². The van der Waals surface area contributed by atoms with Crippen LogP contribution in [0.15, 0.2) is 18.5 Å². The maximum Gasteiger partial charge on any atom is 0.244 e. The van der Waals surface area contributed by atoms with Crippen LogP contribution in [0, 0.1) is 0 Å². The molecule has 1 atom stereocenters.